The van der Waals surface area contributed by atoms with Gasteiger partial charge in [-0.05, 0) is 156 Å². The Balaban J connectivity index is 0.000000174. The number of rotatable bonds is 10. The van der Waals surface area contributed by atoms with Crippen LogP contribution in [0.1, 0.15) is 103 Å². The average Bonchev–Trinajstić information content (AvgIpc) is 3.70. The van der Waals surface area contributed by atoms with E-state index in [9.17, 15) is 19.5 Å². The van der Waals surface area contributed by atoms with Gasteiger partial charge in [-0.15, -0.1) is 0 Å². The van der Waals surface area contributed by atoms with Gasteiger partial charge in [-0.1, -0.05) is 0 Å². The predicted octanol–water partition coefficient (Wildman–Crippen LogP) is 6.92. The number of amides is 2. The molecule has 2 aromatic carbocycles. The maximum Gasteiger partial charge on any atom is 0.254 e. The smallest absolute Gasteiger partial charge is 0.254 e. The number of benzene rings is 2. The van der Waals surface area contributed by atoms with E-state index in [2.05, 4.69) is 47.5 Å². The van der Waals surface area contributed by atoms with Crippen molar-refractivity contribution in [3.63, 3.8) is 0 Å². The van der Waals surface area contributed by atoms with Crippen molar-refractivity contribution in [2.24, 2.45) is 37.8 Å². The Bertz CT molecular complexity index is 2050. The average molecular weight is 781 g/mol. The summed E-state index contributed by atoms with van der Waals surface area (Å²) in [5.41, 5.74) is 9.55. The van der Waals surface area contributed by atoms with Crippen LogP contribution >= 0.6 is 0 Å². The van der Waals surface area contributed by atoms with Crippen LogP contribution in [0.4, 0.5) is 0 Å². The molecule has 2 aromatic heterocycles. The molecule has 308 valence electrons. The second-order valence-corrected chi connectivity index (χ2v) is 17.0. The molecule has 2 aliphatic carbocycles. The van der Waals surface area contributed by atoms with Gasteiger partial charge in [-0.3, -0.25) is 9.59 Å². The molecule has 10 heteroatoms. The number of hydrogen-bond acceptors (Lipinski definition) is 6. The van der Waals surface area contributed by atoms with E-state index in [1.807, 2.05) is 26.0 Å². The highest BCUT2D eigenvalue weighted by atomic mass is 16.5. The zero-order valence-electron chi connectivity index (χ0n) is 34.9. The first-order chi connectivity index (χ1) is 27.6. The normalized spacial score (nSPS) is 20.7. The van der Waals surface area contributed by atoms with Crippen molar-refractivity contribution < 1.29 is 29.0 Å². The number of aromatic nitrogens is 2. The molecule has 2 amide bonds. The number of carbonyl (C=O) groups is 3. The van der Waals surface area contributed by atoms with Crippen LogP contribution in [0.5, 0.6) is 0 Å². The van der Waals surface area contributed by atoms with Crippen molar-refractivity contribution in [2.75, 3.05) is 52.6 Å². The fourth-order valence-corrected chi connectivity index (χ4v) is 10.5. The lowest BCUT2D eigenvalue weighted by atomic mass is 9.75. The van der Waals surface area contributed by atoms with Crippen molar-refractivity contribution in [3.8, 4) is 0 Å². The number of likely N-dealkylation sites (N-methyl/N-ethyl adjacent to an activating group) is 2. The van der Waals surface area contributed by atoms with Crippen LogP contribution < -0.4 is 0 Å². The molecule has 10 nitrogen and oxygen atoms in total. The molecule has 57 heavy (non-hydrogen) atoms. The summed E-state index contributed by atoms with van der Waals surface area (Å²) >= 11 is 0. The van der Waals surface area contributed by atoms with Gasteiger partial charge in [0.25, 0.3) is 11.8 Å². The fraction of sp³-hybridized carbons (Fsp3) is 0.596. The molecular formula is C47H64N4O6. The molecule has 4 aromatic rings. The number of aryl methyl sites for hydroxylation is 2. The van der Waals surface area contributed by atoms with Gasteiger partial charge in [0, 0.05) is 104 Å². The number of nitrogens with zero attached hydrogens (tertiary/aromatic N) is 4. The molecular weight excluding hydrogens is 717 g/mol. The molecule has 2 saturated heterocycles. The highest BCUT2D eigenvalue weighted by Crippen LogP contribution is 2.41. The number of hydrogen-bond donors (Lipinski definition) is 1. The summed E-state index contributed by atoms with van der Waals surface area (Å²) in [6.07, 6.45) is 11.9. The molecule has 2 aliphatic heterocycles. The zero-order chi connectivity index (χ0) is 40.2. The lowest BCUT2D eigenvalue weighted by Gasteiger charge is -2.33. The second kappa shape index (κ2) is 18.3. The van der Waals surface area contributed by atoms with Crippen LogP contribution in [-0.4, -0.2) is 101 Å². The van der Waals surface area contributed by atoms with Crippen molar-refractivity contribution in [3.05, 3.63) is 70.0 Å². The van der Waals surface area contributed by atoms with Gasteiger partial charge >= 0.3 is 0 Å². The van der Waals surface area contributed by atoms with Crippen molar-refractivity contribution in [1.82, 2.24) is 18.9 Å². The molecule has 2 fully saturated rings. The highest BCUT2D eigenvalue weighted by molar-refractivity contribution is 6.00. The Hall–Kier alpha value is -3.99. The maximum absolute atomic E-state index is 13.0. The molecule has 0 bridgehead atoms. The van der Waals surface area contributed by atoms with Crippen LogP contribution in [0.3, 0.4) is 0 Å². The first-order valence-corrected chi connectivity index (χ1v) is 21.7. The highest BCUT2D eigenvalue weighted by Gasteiger charge is 2.33. The van der Waals surface area contributed by atoms with Gasteiger partial charge in [0.1, 0.15) is 6.29 Å². The molecule has 0 radical (unpaired) electrons. The van der Waals surface area contributed by atoms with E-state index in [4.69, 9.17) is 9.47 Å². The molecule has 3 atom stereocenters. The van der Waals surface area contributed by atoms with Crippen molar-refractivity contribution in [2.45, 2.75) is 91.1 Å². The molecule has 8 rings (SSSR count). The SMILES string of the molecule is CCN(CC(C)O)C(=O)c1ccc2c(c1)c1c(n2C)CCC(C2CCOCC2)C1.CCN(CC=O)C(=O)c1ccc2c(c1)c1c(n2C)CCC(C2CCOCC2)C1. The lowest BCUT2D eigenvalue weighted by Crippen LogP contribution is -2.36. The van der Waals surface area contributed by atoms with E-state index in [-0.39, 0.29) is 18.4 Å². The monoisotopic (exact) mass is 780 g/mol. The number of carbonyl (C=O) groups excluding carboxylic acids is 3. The molecule has 4 heterocycles. The second-order valence-electron chi connectivity index (χ2n) is 17.0. The van der Waals surface area contributed by atoms with Crippen molar-refractivity contribution >= 4 is 39.9 Å². The minimum absolute atomic E-state index is 0.00434. The Morgan fingerprint density at radius 1 is 0.719 bits per heavy atom. The number of fused-ring (bicyclic) bond motifs is 6. The third-order valence-corrected chi connectivity index (χ3v) is 13.8. The summed E-state index contributed by atoms with van der Waals surface area (Å²) in [5.74, 6) is 2.89. The van der Waals surface area contributed by atoms with E-state index >= 15 is 0 Å². The van der Waals surface area contributed by atoms with Crippen LogP contribution in [-0.2, 0) is 54.0 Å². The summed E-state index contributed by atoms with van der Waals surface area (Å²) in [4.78, 5) is 40.1. The summed E-state index contributed by atoms with van der Waals surface area (Å²) in [7, 11) is 4.30. The maximum atomic E-state index is 13.0. The first-order valence-electron chi connectivity index (χ1n) is 21.7. The van der Waals surface area contributed by atoms with Gasteiger partial charge in [-0.25, -0.2) is 0 Å². The molecule has 3 unspecified atom stereocenters. The van der Waals surface area contributed by atoms with Gasteiger partial charge in [0.05, 0.1) is 12.6 Å². The van der Waals surface area contributed by atoms with E-state index in [1.54, 1.807) is 16.7 Å². The number of ether oxygens (including phenoxy) is 2. The third-order valence-electron chi connectivity index (χ3n) is 13.8. The van der Waals surface area contributed by atoms with Crippen LogP contribution in [0.15, 0.2) is 36.4 Å². The summed E-state index contributed by atoms with van der Waals surface area (Å²) < 4.78 is 15.8. The quantitative estimate of drug-likeness (QED) is 0.175. The number of aliphatic hydroxyl groups is 1. The minimum atomic E-state index is -0.521. The van der Waals surface area contributed by atoms with Crippen LogP contribution in [0, 0.1) is 23.7 Å². The number of aldehydes is 1. The van der Waals surface area contributed by atoms with E-state index in [0.717, 1.165) is 81.7 Å². The van der Waals surface area contributed by atoms with Crippen LogP contribution in [0.2, 0.25) is 0 Å². The minimum Gasteiger partial charge on any atom is -0.392 e. The van der Waals surface area contributed by atoms with Gasteiger partial charge < -0.3 is 38.3 Å². The van der Waals surface area contributed by atoms with E-state index in [1.165, 1.54) is 82.8 Å². The van der Waals surface area contributed by atoms with Crippen molar-refractivity contribution in [1.29, 1.82) is 0 Å². The first kappa shape index (κ1) is 41.2. The Morgan fingerprint density at radius 3 is 1.56 bits per heavy atom. The summed E-state index contributed by atoms with van der Waals surface area (Å²) in [6, 6.07) is 12.2. The summed E-state index contributed by atoms with van der Waals surface area (Å²) in [6.45, 7) is 10.8. The largest absolute Gasteiger partial charge is 0.392 e. The Labute approximate surface area is 338 Å². The lowest BCUT2D eigenvalue weighted by molar-refractivity contribution is -0.108. The molecule has 4 aliphatic rings. The Kier molecular flexibility index (Phi) is 13.2. The molecule has 1 N–H and O–H groups in total. The third kappa shape index (κ3) is 8.60. The van der Waals surface area contributed by atoms with E-state index < -0.39 is 6.10 Å². The topological polar surface area (TPSA) is 106 Å². The molecule has 0 saturated carbocycles. The Morgan fingerprint density at radius 2 is 1.16 bits per heavy atom. The summed E-state index contributed by atoms with van der Waals surface area (Å²) in [5, 5.41) is 12.2. The van der Waals surface area contributed by atoms with Gasteiger partial charge in [0.2, 0.25) is 0 Å². The standard InChI is InChI=1S/C24H34N2O3.C23H30N2O3/c1-4-26(15-16(2)27)24(28)19-6-8-23-21(14-19)20-13-18(5-7-22(20)25(23)3)17-9-11-29-12-10-17;1-3-25(10-11-26)23(27)18-5-7-22-20(15-18)19-14-17(4-6-21(19)24(22)2)16-8-12-28-13-9-16/h6,8,14,16-18,27H,4-5,7,9-13,15H2,1-3H3;5,7,11,15-17H,3-4,6,8-10,12-14H2,1-2H3. The van der Waals surface area contributed by atoms with Gasteiger partial charge in [-0.2, -0.15) is 0 Å². The van der Waals surface area contributed by atoms with Gasteiger partial charge in [0.15, 0.2) is 0 Å². The van der Waals surface area contributed by atoms with E-state index in [0.29, 0.717) is 31.1 Å². The number of aliphatic hydroxyl groups excluding tert-OH is 1. The zero-order valence-corrected chi connectivity index (χ0v) is 34.9. The fourth-order valence-electron chi connectivity index (χ4n) is 10.5. The molecule has 0 spiro atoms. The predicted molar refractivity (Wildman–Crippen MR) is 225 cm³/mol. The van der Waals surface area contributed by atoms with Crippen LogP contribution in [0.25, 0.3) is 21.8 Å².